The van der Waals surface area contributed by atoms with E-state index >= 15 is 0 Å². The van der Waals surface area contributed by atoms with Gasteiger partial charge in [0.25, 0.3) is 6.29 Å². The second-order valence-electron chi connectivity index (χ2n) is 5.46. The van der Waals surface area contributed by atoms with Gasteiger partial charge >= 0.3 is 5.97 Å². The van der Waals surface area contributed by atoms with Crippen molar-refractivity contribution in [3.8, 4) is 0 Å². The first kappa shape index (κ1) is 18.0. The SMILES string of the molecule is CCCCOC1OC(=O)C(N=Nc2nc3cc(C)c(Br)cc3s2)=C1O. The van der Waals surface area contributed by atoms with E-state index in [0.29, 0.717) is 11.7 Å². The number of ether oxygens (including phenoxy) is 2. The van der Waals surface area contributed by atoms with Crippen molar-refractivity contribution in [3.05, 3.63) is 33.6 Å². The number of aromatic nitrogens is 1. The maximum Gasteiger partial charge on any atom is 0.365 e. The van der Waals surface area contributed by atoms with E-state index in [1.165, 1.54) is 11.3 Å². The predicted molar refractivity (Wildman–Crippen MR) is 97.0 cm³/mol. The Hall–Kier alpha value is -1.84. The molecule has 0 fully saturated rings. The summed E-state index contributed by atoms with van der Waals surface area (Å²) in [6.45, 7) is 4.37. The van der Waals surface area contributed by atoms with Gasteiger partial charge in [0.1, 0.15) is 0 Å². The van der Waals surface area contributed by atoms with Crippen molar-refractivity contribution in [1.82, 2.24) is 4.98 Å². The Bertz CT molecular complexity index is 839. The number of hydrogen-bond acceptors (Lipinski definition) is 8. The van der Waals surface area contributed by atoms with Gasteiger partial charge in [-0.05, 0) is 31.0 Å². The average molecular weight is 426 g/mol. The number of halogens is 1. The van der Waals surface area contributed by atoms with Gasteiger partial charge in [-0.3, -0.25) is 0 Å². The van der Waals surface area contributed by atoms with Crippen LogP contribution in [0.3, 0.4) is 0 Å². The number of aliphatic hydroxyl groups excluding tert-OH is 1. The Morgan fingerprint density at radius 2 is 2.24 bits per heavy atom. The van der Waals surface area contributed by atoms with Gasteiger partial charge in [-0.2, -0.15) is 0 Å². The Kier molecular flexibility index (Phi) is 5.45. The number of rotatable bonds is 6. The second-order valence-corrected chi connectivity index (χ2v) is 7.32. The van der Waals surface area contributed by atoms with Crippen LogP contribution < -0.4 is 0 Å². The molecule has 2 aromatic rings. The average Bonchev–Trinajstić information content (AvgIpc) is 3.07. The van der Waals surface area contributed by atoms with Crippen LogP contribution in [0.2, 0.25) is 0 Å². The fraction of sp³-hybridized carbons (Fsp3) is 0.375. The molecule has 0 amide bonds. The van der Waals surface area contributed by atoms with E-state index in [4.69, 9.17) is 9.47 Å². The molecule has 0 aliphatic carbocycles. The lowest BCUT2D eigenvalue weighted by Crippen LogP contribution is -2.16. The van der Waals surface area contributed by atoms with Crippen LogP contribution in [0.25, 0.3) is 10.2 Å². The molecule has 0 saturated carbocycles. The highest BCUT2D eigenvalue weighted by Gasteiger charge is 2.35. The lowest BCUT2D eigenvalue weighted by molar-refractivity contribution is -0.163. The van der Waals surface area contributed by atoms with Crippen LogP contribution in [-0.4, -0.2) is 29.0 Å². The molecule has 7 nitrogen and oxygen atoms in total. The predicted octanol–water partition coefficient (Wildman–Crippen LogP) is 4.92. The monoisotopic (exact) mass is 425 g/mol. The van der Waals surface area contributed by atoms with Gasteiger partial charge < -0.3 is 14.6 Å². The molecule has 0 bridgehead atoms. The third kappa shape index (κ3) is 3.88. The Morgan fingerprint density at radius 3 is 3.00 bits per heavy atom. The van der Waals surface area contributed by atoms with Crippen LogP contribution in [-0.2, 0) is 14.3 Å². The van der Waals surface area contributed by atoms with Gasteiger partial charge in [0, 0.05) is 4.47 Å². The number of carbonyl (C=O) groups excluding carboxylic acids is 1. The lowest BCUT2D eigenvalue weighted by Gasteiger charge is -2.10. The van der Waals surface area contributed by atoms with Crippen LogP contribution in [0.4, 0.5) is 5.13 Å². The number of aryl methyl sites for hydroxylation is 1. The maximum atomic E-state index is 11.8. The molecule has 25 heavy (non-hydrogen) atoms. The largest absolute Gasteiger partial charge is 0.504 e. The van der Waals surface area contributed by atoms with Gasteiger partial charge in [0.2, 0.25) is 10.8 Å². The number of hydrogen-bond donors (Lipinski definition) is 1. The zero-order valence-electron chi connectivity index (χ0n) is 13.7. The first-order valence-electron chi connectivity index (χ1n) is 7.73. The fourth-order valence-electron chi connectivity index (χ4n) is 2.14. The molecule has 2 heterocycles. The smallest absolute Gasteiger partial charge is 0.365 e. The number of thiazole rings is 1. The molecule has 1 N–H and O–H groups in total. The summed E-state index contributed by atoms with van der Waals surface area (Å²) in [7, 11) is 0. The number of azo groups is 1. The van der Waals surface area contributed by atoms with Crippen LogP contribution in [0.15, 0.2) is 38.3 Å². The summed E-state index contributed by atoms with van der Waals surface area (Å²) < 4.78 is 12.2. The van der Waals surface area contributed by atoms with Gasteiger partial charge in [0.15, 0.2) is 5.76 Å². The number of carbonyl (C=O) groups is 1. The number of aliphatic hydroxyl groups is 1. The molecular weight excluding hydrogens is 410 g/mol. The van der Waals surface area contributed by atoms with Crippen molar-refractivity contribution < 1.29 is 19.4 Å². The van der Waals surface area contributed by atoms with E-state index in [9.17, 15) is 9.90 Å². The van der Waals surface area contributed by atoms with Crippen molar-refractivity contribution in [2.45, 2.75) is 33.0 Å². The first-order valence-corrected chi connectivity index (χ1v) is 9.34. The third-order valence-corrected chi connectivity index (χ3v) is 5.29. The van der Waals surface area contributed by atoms with Gasteiger partial charge in [-0.1, -0.05) is 40.6 Å². The molecule has 9 heteroatoms. The van der Waals surface area contributed by atoms with E-state index in [-0.39, 0.29) is 11.5 Å². The summed E-state index contributed by atoms with van der Waals surface area (Å²) in [5.74, 6) is -1.12. The summed E-state index contributed by atoms with van der Waals surface area (Å²) in [5, 5.41) is 18.2. The molecule has 3 rings (SSSR count). The number of fused-ring (bicyclic) bond motifs is 1. The molecule has 1 aromatic heterocycles. The van der Waals surface area contributed by atoms with Crippen molar-refractivity contribution >= 4 is 48.6 Å². The van der Waals surface area contributed by atoms with Crippen molar-refractivity contribution in [2.24, 2.45) is 10.2 Å². The number of esters is 1. The van der Waals surface area contributed by atoms with E-state index in [0.717, 1.165) is 33.1 Å². The van der Waals surface area contributed by atoms with E-state index in [2.05, 4.69) is 31.1 Å². The van der Waals surface area contributed by atoms with E-state index in [1.54, 1.807) is 0 Å². The van der Waals surface area contributed by atoms with Crippen molar-refractivity contribution in [2.75, 3.05) is 6.61 Å². The summed E-state index contributed by atoms with van der Waals surface area (Å²) in [5.41, 5.74) is 1.61. The zero-order valence-corrected chi connectivity index (χ0v) is 16.1. The molecule has 1 unspecified atom stereocenters. The topological polar surface area (TPSA) is 93.4 Å². The standard InChI is InChI=1S/C16H16BrN3O4S/c1-3-4-5-23-15-13(21)12(14(22)24-15)19-20-16-18-10-6-8(2)9(17)7-11(10)25-16/h6-7,15,21H,3-5H2,1-2H3. The second kappa shape index (κ2) is 7.59. The quantitative estimate of drug-likeness (QED) is 0.402. The van der Waals surface area contributed by atoms with Crippen LogP contribution in [0.1, 0.15) is 25.3 Å². The summed E-state index contributed by atoms with van der Waals surface area (Å²) >= 11 is 4.81. The minimum absolute atomic E-state index is 0.252. The summed E-state index contributed by atoms with van der Waals surface area (Å²) in [6.07, 6.45) is 0.631. The molecule has 0 saturated heterocycles. The van der Waals surface area contributed by atoms with E-state index in [1.807, 2.05) is 26.0 Å². The number of benzene rings is 1. The number of nitrogens with zero attached hydrogens (tertiary/aromatic N) is 3. The Balaban J connectivity index is 1.79. The Morgan fingerprint density at radius 1 is 1.44 bits per heavy atom. The maximum absolute atomic E-state index is 11.8. The lowest BCUT2D eigenvalue weighted by atomic mass is 10.2. The van der Waals surface area contributed by atoms with Crippen LogP contribution >= 0.6 is 27.3 Å². The highest BCUT2D eigenvalue weighted by molar-refractivity contribution is 9.10. The summed E-state index contributed by atoms with van der Waals surface area (Å²) in [4.78, 5) is 16.2. The highest BCUT2D eigenvalue weighted by atomic mass is 79.9. The summed E-state index contributed by atoms with van der Waals surface area (Å²) in [6, 6.07) is 3.90. The van der Waals surface area contributed by atoms with Crippen molar-refractivity contribution in [1.29, 1.82) is 0 Å². The highest BCUT2D eigenvalue weighted by Crippen LogP contribution is 2.33. The van der Waals surface area contributed by atoms with Crippen LogP contribution in [0.5, 0.6) is 0 Å². The molecule has 0 spiro atoms. The van der Waals surface area contributed by atoms with Gasteiger partial charge in [-0.25, -0.2) is 9.78 Å². The minimum atomic E-state index is -1.11. The zero-order chi connectivity index (χ0) is 18.0. The van der Waals surface area contributed by atoms with Crippen LogP contribution in [0, 0.1) is 6.92 Å². The third-order valence-electron chi connectivity index (χ3n) is 3.53. The minimum Gasteiger partial charge on any atom is -0.504 e. The molecule has 0 radical (unpaired) electrons. The Labute approximate surface area is 156 Å². The number of cyclic esters (lactones) is 1. The molecule has 1 aliphatic rings. The molecular formula is C16H16BrN3O4S. The molecule has 1 aliphatic heterocycles. The normalized spacial score (nSPS) is 17.9. The fourth-order valence-corrected chi connectivity index (χ4v) is 3.44. The van der Waals surface area contributed by atoms with Gasteiger partial charge in [0.05, 0.1) is 16.8 Å². The first-order chi connectivity index (χ1) is 12.0. The number of unbranched alkanes of at least 4 members (excludes halogenated alkanes) is 1. The van der Waals surface area contributed by atoms with Gasteiger partial charge in [-0.15, -0.1) is 10.2 Å². The molecule has 1 aromatic carbocycles. The van der Waals surface area contributed by atoms with E-state index < -0.39 is 12.3 Å². The van der Waals surface area contributed by atoms with Crippen molar-refractivity contribution in [3.63, 3.8) is 0 Å². The molecule has 132 valence electrons. The molecule has 1 atom stereocenters.